The van der Waals surface area contributed by atoms with Crippen molar-refractivity contribution in [3.8, 4) is 17.9 Å². The Morgan fingerprint density at radius 3 is 2.57 bits per heavy atom. The summed E-state index contributed by atoms with van der Waals surface area (Å²) in [4.78, 5) is 13.8. The average molecular weight is 283 g/mol. The monoisotopic (exact) mass is 283 g/mol. The van der Waals surface area contributed by atoms with E-state index < -0.39 is 4.92 Å². The van der Waals surface area contributed by atoms with Crippen molar-refractivity contribution < 1.29 is 9.66 Å². The van der Waals surface area contributed by atoms with Crippen LogP contribution in [0.1, 0.15) is 11.4 Å². The first kappa shape index (κ1) is 14.0. The topological polar surface area (TPSA) is 118 Å². The lowest BCUT2D eigenvalue weighted by molar-refractivity contribution is -0.384. The molecule has 0 spiro atoms. The summed E-state index contributed by atoms with van der Waals surface area (Å²) < 4.78 is 6.94. The van der Waals surface area contributed by atoms with Crippen molar-refractivity contribution in [3.63, 3.8) is 0 Å². The highest BCUT2D eigenvalue weighted by Gasteiger charge is 2.09. The number of nitrogens with zero attached hydrogens (tertiary/aromatic N) is 5. The molecular weight excluding hydrogens is 274 g/mol. The minimum absolute atomic E-state index is 0.0117. The van der Waals surface area contributed by atoms with Gasteiger partial charge in [0, 0.05) is 12.1 Å². The van der Waals surface area contributed by atoms with Gasteiger partial charge in [-0.1, -0.05) is 0 Å². The summed E-state index contributed by atoms with van der Waals surface area (Å²) in [5, 5.41) is 28.2. The van der Waals surface area contributed by atoms with Gasteiger partial charge in [-0.15, -0.1) is 0 Å². The van der Waals surface area contributed by atoms with Crippen molar-refractivity contribution in [1.82, 2.24) is 9.55 Å². The molecule has 8 nitrogen and oxygen atoms in total. The Morgan fingerprint density at radius 1 is 1.29 bits per heavy atom. The number of nitro groups is 1. The van der Waals surface area contributed by atoms with E-state index in [1.165, 1.54) is 35.2 Å². The standard InChI is InChI=1S/C13H9N5O3/c14-7-12-13(8-15)17(9-16-12)5-6-21-11-3-1-10(2-4-11)18(19)20/h1-4,9H,5-6H2. The van der Waals surface area contributed by atoms with Crippen molar-refractivity contribution in [2.75, 3.05) is 6.61 Å². The molecule has 8 heteroatoms. The summed E-state index contributed by atoms with van der Waals surface area (Å²) in [6.45, 7) is 0.586. The molecule has 0 saturated heterocycles. The van der Waals surface area contributed by atoms with Gasteiger partial charge in [0.05, 0.1) is 17.8 Å². The molecule has 0 unspecified atom stereocenters. The molecule has 1 heterocycles. The van der Waals surface area contributed by atoms with E-state index in [1.807, 2.05) is 12.1 Å². The molecule has 1 aromatic carbocycles. The molecular formula is C13H9N5O3. The van der Waals surface area contributed by atoms with Gasteiger partial charge in [-0.3, -0.25) is 10.1 Å². The molecule has 0 saturated carbocycles. The van der Waals surface area contributed by atoms with Crippen LogP contribution in [-0.4, -0.2) is 21.1 Å². The van der Waals surface area contributed by atoms with Crippen LogP contribution < -0.4 is 4.74 Å². The second-order valence-electron chi connectivity index (χ2n) is 3.96. The van der Waals surface area contributed by atoms with Crippen LogP contribution in [0.4, 0.5) is 5.69 Å². The quantitative estimate of drug-likeness (QED) is 0.607. The van der Waals surface area contributed by atoms with Crippen molar-refractivity contribution in [1.29, 1.82) is 10.5 Å². The van der Waals surface area contributed by atoms with Gasteiger partial charge in [0.15, 0.2) is 11.4 Å². The SMILES string of the molecule is N#Cc1ncn(CCOc2ccc([N+](=O)[O-])cc2)c1C#N. The Balaban J connectivity index is 1.96. The smallest absolute Gasteiger partial charge is 0.269 e. The summed E-state index contributed by atoms with van der Waals surface area (Å²) in [5.41, 5.74) is 0.250. The lowest BCUT2D eigenvalue weighted by Crippen LogP contribution is -2.09. The highest BCUT2D eigenvalue weighted by molar-refractivity contribution is 5.37. The molecule has 0 amide bonds. The van der Waals surface area contributed by atoms with E-state index >= 15 is 0 Å². The van der Waals surface area contributed by atoms with Gasteiger partial charge in [0.1, 0.15) is 24.5 Å². The molecule has 0 aliphatic rings. The Morgan fingerprint density at radius 2 is 2.00 bits per heavy atom. The van der Waals surface area contributed by atoms with E-state index in [9.17, 15) is 10.1 Å². The van der Waals surface area contributed by atoms with Crippen LogP contribution in [-0.2, 0) is 6.54 Å². The van der Waals surface area contributed by atoms with Gasteiger partial charge in [-0.2, -0.15) is 10.5 Å². The van der Waals surface area contributed by atoms with Crippen LogP contribution in [0.5, 0.6) is 5.75 Å². The van der Waals surface area contributed by atoms with Gasteiger partial charge in [0.2, 0.25) is 0 Å². The van der Waals surface area contributed by atoms with E-state index in [-0.39, 0.29) is 23.7 Å². The maximum absolute atomic E-state index is 10.5. The number of nitriles is 2. The van der Waals surface area contributed by atoms with E-state index in [0.717, 1.165) is 0 Å². The zero-order chi connectivity index (χ0) is 15.2. The summed E-state index contributed by atoms with van der Waals surface area (Å²) in [7, 11) is 0. The average Bonchev–Trinajstić information content (AvgIpc) is 2.89. The molecule has 1 aromatic heterocycles. The molecule has 0 atom stereocenters. The number of ether oxygens (including phenoxy) is 1. The summed E-state index contributed by atoms with van der Waals surface area (Å²) in [6, 6.07) is 9.44. The molecule has 0 aliphatic heterocycles. The Bertz CT molecular complexity index is 737. The number of non-ortho nitro benzene ring substituents is 1. The summed E-state index contributed by atoms with van der Waals surface area (Å²) in [6.07, 6.45) is 1.40. The number of imidazole rings is 1. The minimum Gasteiger partial charge on any atom is -0.492 e. The molecule has 2 rings (SSSR count). The zero-order valence-electron chi connectivity index (χ0n) is 10.8. The van der Waals surface area contributed by atoms with Crippen LogP contribution in [0.25, 0.3) is 0 Å². The molecule has 0 N–H and O–H groups in total. The summed E-state index contributed by atoms with van der Waals surface area (Å²) >= 11 is 0. The zero-order valence-corrected chi connectivity index (χ0v) is 10.8. The highest BCUT2D eigenvalue weighted by atomic mass is 16.6. The fraction of sp³-hybridized carbons (Fsp3) is 0.154. The van der Waals surface area contributed by atoms with Gasteiger partial charge in [-0.25, -0.2) is 4.98 Å². The predicted molar refractivity (Wildman–Crippen MR) is 70.2 cm³/mol. The van der Waals surface area contributed by atoms with Crippen molar-refractivity contribution in [3.05, 3.63) is 52.1 Å². The second-order valence-corrected chi connectivity index (χ2v) is 3.96. The third kappa shape index (κ3) is 3.14. The maximum atomic E-state index is 10.5. The van der Waals surface area contributed by atoms with Crippen LogP contribution >= 0.6 is 0 Å². The van der Waals surface area contributed by atoms with Crippen LogP contribution in [0.2, 0.25) is 0 Å². The number of hydrogen-bond acceptors (Lipinski definition) is 6. The Labute approximate surface area is 119 Å². The number of nitro benzene ring substituents is 1. The van der Waals surface area contributed by atoms with Gasteiger partial charge in [0.25, 0.3) is 5.69 Å². The fourth-order valence-corrected chi connectivity index (χ4v) is 1.68. The molecule has 0 bridgehead atoms. The van der Waals surface area contributed by atoms with Crippen LogP contribution in [0, 0.1) is 32.8 Å². The van der Waals surface area contributed by atoms with E-state index in [1.54, 1.807) is 0 Å². The number of aromatic nitrogens is 2. The first-order valence-electron chi connectivity index (χ1n) is 5.88. The number of benzene rings is 1. The van der Waals surface area contributed by atoms with Gasteiger partial charge in [-0.05, 0) is 12.1 Å². The lowest BCUT2D eigenvalue weighted by atomic mass is 10.3. The molecule has 0 fully saturated rings. The Kier molecular flexibility index (Phi) is 4.12. The largest absolute Gasteiger partial charge is 0.492 e. The minimum atomic E-state index is -0.488. The van der Waals surface area contributed by atoms with Gasteiger partial charge < -0.3 is 9.30 Å². The van der Waals surface area contributed by atoms with Gasteiger partial charge >= 0.3 is 0 Å². The molecule has 0 aliphatic carbocycles. The fourth-order valence-electron chi connectivity index (χ4n) is 1.68. The normalized spacial score (nSPS) is 9.62. The number of hydrogen-bond donors (Lipinski definition) is 0. The molecule has 104 valence electrons. The number of rotatable bonds is 5. The van der Waals surface area contributed by atoms with E-state index in [2.05, 4.69) is 4.98 Å². The molecule has 0 radical (unpaired) electrons. The third-order valence-electron chi connectivity index (χ3n) is 2.70. The first-order valence-corrected chi connectivity index (χ1v) is 5.88. The summed E-state index contributed by atoms with van der Waals surface area (Å²) in [5.74, 6) is 0.486. The van der Waals surface area contributed by atoms with Crippen molar-refractivity contribution in [2.45, 2.75) is 6.54 Å². The lowest BCUT2D eigenvalue weighted by Gasteiger charge is -2.07. The third-order valence-corrected chi connectivity index (χ3v) is 2.70. The van der Waals surface area contributed by atoms with Crippen molar-refractivity contribution >= 4 is 5.69 Å². The van der Waals surface area contributed by atoms with Crippen molar-refractivity contribution in [2.24, 2.45) is 0 Å². The Hall–Kier alpha value is -3.39. The molecule has 2 aromatic rings. The van der Waals surface area contributed by atoms with E-state index in [0.29, 0.717) is 12.3 Å². The highest BCUT2D eigenvalue weighted by Crippen LogP contribution is 2.17. The second kappa shape index (κ2) is 6.17. The predicted octanol–water partition coefficient (Wildman–Crippen LogP) is 1.61. The maximum Gasteiger partial charge on any atom is 0.269 e. The van der Waals surface area contributed by atoms with Crippen LogP contribution in [0.3, 0.4) is 0 Å². The molecule has 21 heavy (non-hydrogen) atoms. The van der Waals surface area contributed by atoms with E-state index in [4.69, 9.17) is 15.3 Å². The first-order chi connectivity index (χ1) is 10.2. The van der Waals surface area contributed by atoms with Crippen LogP contribution in [0.15, 0.2) is 30.6 Å².